The van der Waals surface area contributed by atoms with Crippen LogP contribution in [0.2, 0.25) is 0 Å². The molecule has 0 saturated carbocycles. The molecule has 1 N–H and O–H groups in total. The second-order valence-electron chi connectivity index (χ2n) is 6.98. The average Bonchev–Trinajstić information content (AvgIpc) is 3.13. The largest absolute Gasteiger partial charge is 0.451 e. The second-order valence-corrected chi connectivity index (χ2v) is 6.98. The molecular weight excluding hydrogens is 382 g/mol. The Kier molecular flexibility index (Phi) is 6.36. The van der Waals surface area contributed by atoms with Crippen LogP contribution in [0.3, 0.4) is 0 Å². The Morgan fingerprint density at radius 1 is 1.07 bits per heavy atom. The summed E-state index contributed by atoms with van der Waals surface area (Å²) in [5.41, 5.74) is 4.61. The standard InChI is InChI=1S/C22H23N5O3/c1-14-10-15(2)21(16(3)11-14)23-20(28)13-30-22(29)19(27-17(4)24-25-26-27)12-18-8-6-5-7-9-18/h5-12H,13H2,1-4H3,(H,23,28)/b19-12-. The van der Waals surface area contributed by atoms with Crippen molar-refractivity contribution in [1.29, 1.82) is 0 Å². The highest BCUT2D eigenvalue weighted by molar-refractivity contribution is 6.15. The Labute approximate surface area is 174 Å². The number of aromatic nitrogens is 4. The summed E-state index contributed by atoms with van der Waals surface area (Å²) in [4.78, 5) is 25.1. The molecule has 0 spiro atoms. The van der Waals surface area contributed by atoms with Crippen molar-refractivity contribution < 1.29 is 14.3 Å². The van der Waals surface area contributed by atoms with Gasteiger partial charge in [0.05, 0.1) is 0 Å². The van der Waals surface area contributed by atoms with Crippen molar-refractivity contribution >= 4 is 29.3 Å². The molecule has 3 aromatic rings. The van der Waals surface area contributed by atoms with Gasteiger partial charge >= 0.3 is 5.97 Å². The number of hydrogen-bond acceptors (Lipinski definition) is 6. The number of carbonyl (C=O) groups excluding carboxylic acids is 2. The van der Waals surface area contributed by atoms with E-state index in [9.17, 15) is 9.59 Å². The molecule has 3 rings (SSSR count). The number of anilines is 1. The molecule has 30 heavy (non-hydrogen) atoms. The fourth-order valence-corrected chi connectivity index (χ4v) is 3.13. The predicted octanol–water partition coefficient (Wildman–Crippen LogP) is 3.09. The molecule has 0 aliphatic rings. The third kappa shape index (κ3) is 4.96. The van der Waals surface area contributed by atoms with E-state index in [0.717, 1.165) is 27.9 Å². The summed E-state index contributed by atoms with van der Waals surface area (Å²) in [6.07, 6.45) is 1.61. The van der Waals surface area contributed by atoms with Gasteiger partial charge in [-0.25, -0.2) is 4.79 Å². The Bertz CT molecular complexity index is 1080. The lowest BCUT2D eigenvalue weighted by atomic mass is 10.1. The van der Waals surface area contributed by atoms with E-state index in [0.29, 0.717) is 5.82 Å². The highest BCUT2D eigenvalue weighted by Crippen LogP contribution is 2.22. The molecule has 1 aromatic heterocycles. The van der Waals surface area contributed by atoms with Gasteiger partial charge in [0.1, 0.15) is 0 Å². The van der Waals surface area contributed by atoms with Gasteiger partial charge in [-0.05, 0) is 60.9 Å². The smallest absolute Gasteiger partial charge is 0.357 e. The van der Waals surface area contributed by atoms with Crippen molar-refractivity contribution in [2.75, 3.05) is 11.9 Å². The minimum absolute atomic E-state index is 0.110. The van der Waals surface area contributed by atoms with Crippen LogP contribution in [0.1, 0.15) is 28.1 Å². The highest BCUT2D eigenvalue weighted by atomic mass is 16.5. The fourth-order valence-electron chi connectivity index (χ4n) is 3.13. The molecule has 154 valence electrons. The van der Waals surface area contributed by atoms with E-state index in [-0.39, 0.29) is 5.70 Å². The molecule has 0 atom stereocenters. The number of ether oxygens (including phenoxy) is 1. The third-order valence-corrected chi connectivity index (χ3v) is 4.44. The molecule has 0 fully saturated rings. The van der Waals surface area contributed by atoms with E-state index in [2.05, 4.69) is 20.8 Å². The van der Waals surface area contributed by atoms with Crippen LogP contribution < -0.4 is 5.32 Å². The maximum Gasteiger partial charge on any atom is 0.357 e. The van der Waals surface area contributed by atoms with Crippen molar-refractivity contribution in [1.82, 2.24) is 20.2 Å². The van der Waals surface area contributed by atoms with Crippen molar-refractivity contribution in [3.8, 4) is 0 Å². The van der Waals surface area contributed by atoms with Crippen LogP contribution in [0.15, 0.2) is 42.5 Å². The number of esters is 1. The zero-order valence-corrected chi connectivity index (χ0v) is 17.3. The highest BCUT2D eigenvalue weighted by Gasteiger charge is 2.19. The topological polar surface area (TPSA) is 99.0 Å². The van der Waals surface area contributed by atoms with Crippen LogP contribution in [0, 0.1) is 27.7 Å². The summed E-state index contributed by atoms with van der Waals surface area (Å²) < 4.78 is 6.54. The molecule has 8 nitrogen and oxygen atoms in total. The van der Waals surface area contributed by atoms with Gasteiger partial charge in [-0.1, -0.05) is 48.0 Å². The first-order valence-corrected chi connectivity index (χ1v) is 9.42. The molecule has 0 bridgehead atoms. The number of aryl methyl sites for hydroxylation is 4. The summed E-state index contributed by atoms with van der Waals surface area (Å²) >= 11 is 0. The Morgan fingerprint density at radius 3 is 2.33 bits per heavy atom. The van der Waals surface area contributed by atoms with E-state index in [1.807, 2.05) is 63.2 Å². The van der Waals surface area contributed by atoms with Crippen LogP contribution >= 0.6 is 0 Å². The average molecular weight is 405 g/mol. The van der Waals surface area contributed by atoms with Gasteiger partial charge in [0.15, 0.2) is 18.1 Å². The first-order valence-electron chi connectivity index (χ1n) is 9.42. The summed E-state index contributed by atoms with van der Waals surface area (Å²) in [6, 6.07) is 13.2. The van der Waals surface area contributed by atoms with E-state index in [1.165, 1.54) is 4.68 Å². The summed E-state index contributed by atoms with van der Waals surface area (Å²) in [5, 5.41) is 14.1. The lowest BCUT2D eigenvalue weighted by Crippen LogP contribution is -2.23. The Morgan fingerprint density at radius 2 is 1.73 bits per heavy atom. The van der Waals surface area contributed by atoms with Crippen LogP contribution in [0.5, 0.6) is 0 Å². The zero-order valence-electron chi connectivity index (χ0n) is 17.3. The zero-order chi connectivity index (χ0) is 21.7. The van der Waals surface area contributed by atoms with E-state index in [1.54, 1.807) is 13.0 Å². The molecule has 0 unspecified atom stereocenters. The Hall–Kier alpha value is -3.81. The second kappa shape index (κ2) is 9.13. The molecule has 0 aliphatic carbocycles. The van der Waals surface area contributed by atoms with E-state index < -0.39 is 18.5 Å². The van der Waals surface area contributed by atoms with Gasteiger partial charge in [0.2, 0.25) is 0 Å². The van der Waals surface area contributed by atoms with Crippen LogP contribution in [-0.4, -0.2) is 38.7 Å². The molecule has 1 amide bonds. The summed E-state index contributed by atoms with van der Waals surface area (Å²) in [7, 11) is 0. The molecular formula is C22H23N5O3. The Balaban J connectivity index is 1.75. The first-order chi connectivity index (χ1) is 14.3. The maximum atomic E-state index is 12.7. The first kappa shape index (κ1) is 20.9. The minimum Gasteiger partial charge on any atom is -0.451 e. The molecule has 2 aromatic carbocycles. The normalized spacial score (nSPS) is 11.3. The number of carbonyl (C=O) groups is 2. The number of rotatable bonds is 6. The molecule has 0 radical (unpaired) electrons. The lowest BCUT2D eigenvalue weighted by molar-refractivity contribution is -0.141. The summed E-state index contributed by atoms with van der Waals surface area (Å²) in [6.45, 7) is 7.07. The van der Waals surface area contributed by atoms with Gasteiger partial charge in [-0.15, -0.1) is 5.10 Å². The van der Waals surface area contributed by atoms with Gasteiger partial charge in [-0.3, -0.25) is 4.79 Å². The molecule has 0 aliphatic heterocycles. The van der Waals surface area contributed by atoms with Gasteiger partial charge < -0.3 is 10.1 Å². The number of nitrogens with zero attached hydrogens (tertiary/aromatic N) is 4. The van der Waals surface area contributed by atoms with E-state index >= 15 is 0 Å². The molecule has 0 saturated heterocycles. The number of hydrogen-bond donors (Lipinski definition) is 1. The maximum absolute atomic E-state index is 12.7. The van der Waals surface area contributed by atoms with Crippen LogP contribution in [0.4, 0.5) is 5.69 Å². The van der Waals surface area contributed by atoms with Gasteiger partial charge in [-0.2, -0.15) is 4.68 Å². The van der Waals surface area contributed by atoms with Crippen LogP contribution in [0.25, 0.3) is 11.8 Å². The predicted molar refractivity (Wildman–Crippen MR) is 113 cm³/mol. The van der Waals surface area contributed by atoms with Gasteiger partial charge in [0.25, 0.3) is 5.91 Å². The molecule has 1 heterocycles. The minimum atomic E-state index is -0.707. The van der Waals surface area contributed by atoms with Crippen molar-refractivity contribution in [2.24, 2.45) is 0 Å². The van der Waals surface area contributed by atoms with Crippen molar-refractivity contribution in [3.63, 3.8) is 0 Å². The number of benzene rings is 2. The SMILES string of the molecule is Cc1cc(C)c(NC(=O)COC(=O)/C(=C/c2ccccc2)n2nnnc2C)c(C)c1. The monoisotopic (exact) mass is 405 g/mol. The molecule has 8 heteroatoms. The van der Waals surface area contributed by atoms with Crippen LogP contribution in [-0.2, 0) is 14.3 Å². The number of tetrazole rings is 1. The summed E-state index contributed by atoms with van der Waals surface area (Å²) in [5.74, 6) is -0.711. The van der Waals surface area contributed by atoms with Crippen molar-refractivity contribution in [2.45, 2.75) is 27.7 Å². The van der Waals surface area contributed by atoms with E-state index in [4.69, 9.17) is 4.74 Å². The fraction of sp³-hybridized carbons (Fsp3) is 0.227. The lowest BCUT2D eigenvalue weighted by Gasteiger charge is -2.13. The quantitative estimate of drug-likeness (QED) is 0.500. The number of amides is 1. The third-order valence-electron chi connectivity index (χ3n) is 4.44. The van der Waals surface area contributed by atoms with Crippen molar-refractivity contribution in [3.05, 3.63) is 70.5 Å². The van der Waals surface area contributed by atoms with Gasteiger partial charge in [0, 0.05) is 5.69 Å². The number of nitrogens with one attached hydrogen (secondary N) is 1.